The Labute approximate surface area is 475 Å². The standard InChI is InChI=1S/C78H52N4/c1-3-15-61(16-4-1)80-76-26-14-10-22-70(76)72-51-59(40-50-77(72)80)58-37-45-65(46-38-58)79(64-43-33-55(34-44-64)56-35-47-66(48-36-56)81-73-23-11-7-19-67(73)68-20-8-12-24-74(68)81)63-41-31-54(32-42-63)53-27-29-57(30-28-53)60-39-49-71-69-21-9-13-25-75(69)82(78(71)52-60)62-17-5-2-6-18-62/h1-52H. The summed E-state index contributed by atoms with van der Waals surface area (Å²) in [4.78, 5) is 2.37. The monoisotopic (exact) mass is 1040 g/mol. The Bertz CT molecular complexity index is 4980. The summed E-state index contributed by atoms with van der Waals surface area (Å²) in [5.74, 6) is 0. The fourth-order valence-electron chi connectivity index (χ4n) is 12.7. The van der Waals surface area contributed by atoms with E-state index in [1.165, 1.54) is 98.8 Å². The lowest BCUT2D eigenvalue weighted by molar-refractivity contribution is 1.18. The molecule has 13 aromatic carbocycles. The van der Waals surface area contributed by atoms with Crippen LogP contribution in [0.15, 0.2) is 315 Å². The van der Waals surface area contributed by atoms with Gasteiger partial charge in [0.1, 0.15) is 0 Å². The molecule has 0 bridgehead atoms. The van der Waals surface area contributed by atoms with Crippen LogP contribution in [0.4, 0.5) is 17.1 Å². The van der Waals surface area contributed by atoms with E-state index in [-0.39, 0.29) is 0 Å². The lowest BCUT2D eigenvalue weighted by Crippen LogP contribution is -2.09. The van der Waals surface area contributed by atoms with E-state index in [9.17, 15) is 0 Å². The number of benzene rings is 13. The van der Waals surface area contributed by atoms with Crippen LogP contribution in [0, 0.1) is 0 Å². The average molecular weight is 1050 g/mol. The highest BCUT2D eigenvalue weighted by atomic mass is 15.1. The highest BCUT2D eigenvalue weighted by Gasteiger charge is 2.18. The van der Waals surface area contributed by atoms with E-state index in [4.69, 9.17) is 0 Å². The number of anilines is 3. The molecule has 16 aromatic rings. The van der Waals surface area contributed by atoms with Crippen molar-refractivity contribution in [1.29, 1.82) is 0 Å². The van der Waals surface area contributed by atoms with E-state index in [0.717, 1.165) is 45.3 Å². The number of hydrogen-bond donors (Lipinski definition) is 0. The second kappa shape index (κ2) is 19.5. The third-order valence-corrected chi connectivity index (χ3v) is 16.7. The van der Waals surface area contributed by atoms with Gasteiger partial charge in [0.15, 0.2) is 0 Å². The van der Waals surface area contributed by atoms with E-state index >= 15 is 0 Å². The zero-order valence-electron chi connectivity index (χ0n) is 44.8. The van der Waals surface area contributed by atoms with Crippen molar-refractivity contribution < 1.29 is 0 Å². The summed E-state index contributed by atoms with van der Waals surface area (Å²) >= 11 is 0. The third-order valence-electron chi connectivity index (χ3n) is 16.7. The molecular formula is C78H52N4. The normalized spacial score (nSPS) is 11.7. The largest absolute Gasteiger partial charge is 0.311 e. The van der Waals surface area contributed by atoms with Gasteiger partial charge in [-0.2, -0.15) is 0 Å². The van der Waals surface area contributed by atoms with Crippen LogP contribution in [0.1, 0.15) is 0 Å². The molecule has 0 amide bonds. The minimum Gasteiger partial charge on any atom is -0.311 e. The van der Waals surface area contributed by atoms with E-state index < -0.39 is 0 Å². The summed E-state index contributed by atoms with van der Waals surface area (Å²) in [5, 5.41) is 7.53. The fourth-order valence-corrected chi connectivity index (χ4v) is 12.7. The topological polar surface area (TPSA) is 18.0 Å². The van der Waals surface area contributed by atoms with E-state index in [1.807, 2.05) is 0 Å². The smallest absolute Gasteiger partial charge is 0.0547 e. The van der Waals surface area contributed by atoms with Gasteiger partial charge in [-0.15, -0.1) is 0 Å². The molecule has 3 heterocycles. The Morgan fingerprint density at radius 2 is 0.439 bits per heavy atom. The molecule has 0 aliphatic rings. The Hall–Kier alpha value is -10.9. The quantitative estimate of drug-likeness (QED) is 0.133. The maximum Gasteiger partial charge on any atom is 0.0547 e. The van der Waals surface area contributed by atoms with Gasteiger partial charge in [0.05, 0.1) is 33.1 Å². The summed E-state index contributed by atoms with van der Waals surface area (Å²) in [5.41, 5.74) is 23.3. The molecule has 3 aromatic heterocycles. The number of hydrogen-bond acceptors (Lipinski definition) is 1. The highest BCUT2D eigenvalue weighted by Crippen LogP contribution is 2.41. The van der Waals surface area contributed by atoms with Gasteiger partial charge in [0, 0.05) is 66.4 Å². The van der Waals surface area contributed by atoms with Crippen LogP contribution in [-0.2, 0) is 0 Å². The van der Waals surface area contributed by atoms with Crippen LogP contribution < -0.4 is 4.90 Å². The molecule has 0 aliphatic heterocycles. The lowest BCUT2D eigenvalue weighted by Gasteiger charge is -2.26. The summed E-state index contributed by atoms with van der Waals surface area (Å²) in [6.45, 7) is 0. The zero-order chi connectivity index (χ0) is 54.1. The predicted octanol–water partition coefficient (Wildman–Crippen LogP) is 21.1. The van der Waals surface area contributed by atoms with E-state index in [2.05, 4.69) is 334 Å². The van der Waals surface area contributed by atoms with Crippen LogP contribution in [0.25, 0.3) is 127 Å². The average Bonchev–Trinajstić information content (AvgIpc) is 4.30. The maximum absolute atomic E-state index is 2.38. The molecule has 0 saturated carbocycles. The van der Waals surface area contributed by atoms with Gasteiger partial charge in [-0.05, 0) is 160 Å². The van der Waals surface area contributed by atoms with Crippen LogP contribution in [-0.4, -0.2) is 13.7 Å². The van der Waals surface area contributed by atoms with Crippen molar-refractivity contribution in [2.45, 2.75) is 0 Å². The Morgan fingerprint density at radius 1 is 0.171 bits per heavy atom. The Kier molecular flexibility index (Phi) is 11.2. The lowest BCUT2D eigenvalue weighted by atomic mass is 9.99. The molecule has 0 unspecified atom stereocenters. The summed E-state index contributed by atoms with van der Waals surface area (Å²) in [7, 11) is 0. The van der Waals surface area contributed by atoms with Gasteiger partial charge in [0.25, 0.3) is 0 Å². The molecule has 384 valence electrons. The van der Waals surface area contributed by atoms with Gasteiger partial charge < -0.3 is 18.6 Å². The zero-order valence-corrected chi connectivity index (χ0v) is 44.8. The van der Waals surface area contributed by atoms with Gasteiger partial charge in [-0.1, -0.05) is 200 Å². The minimum atomic E-state index is 1.08. The molecule has 0 N–H and O–H groups in total. The van der Waals surface area contributed by atoms with Crippen LogP contribution in [0.3, 0.4) is 0 Å². The number of aromatic nitrogens is 3. The summed E-state index contributed by atoms with van der Waals surface area (Å²) in [6, 6.07) is 115. The molecule has 0 atom stereocenters. The van der Waals surface area contributed by atoms with Crippen molar-refractivity contribution >= 4 is 82.5 Å². The minimum absolute atomic E-state index is 1.08. The molecule has 0 radical (unpaired) electrons. The van der Waals surface area contributed by atoms with Gasteiger partial charge in [0.2, 0.25) is 0 Å². The number of rotatable bonds is 10. The van der Waals surface area contributed by atoms with Crippen molar-refractivity contribution in [3.8, 4) is 61.6 Å². The van der Waals surface area contributed by atoms with E-state index in [1.54, 1.807) is 0 Å². The number of fused-ring (bicyclic) bond motifs is 9. The van der Waals surface area contributed by atoms with Crippen molar-refractivity contribution in [3.63, 3.8) is 0 Å². The first kappa shape index (κ1) is 47.1. The molecule has 4 heteroatoms. The van der Waals surface area contributed by atoms with Gasteiger partial charge in [-0.3, -0.25) is 0 Å². The second-order valence-corrected chi connectivity index (χ2v) is 21.3. The molecule has 0 spiro atoms. The first-order valence-corrected chi connectivity index (χ1v) is 28.1. The van der Waals surface area contributed by atoms with Crippen molar-refractivity contribution in [1.82, 2.24) is 13.7 Å². The summed E-state index contributed by atoms with van der Waals surface area (Å²) in [6.07, 6.45) is 0. The van der Waals surface area contributed by atoms with Crippen LogP contribution >= 0.6 is 0 Å². The molecule has 0 fully saturated rings. The predicted molar refractivity (Wildman–Crippen MR) is 346 cm³/mol. The first-order chi connectivity index (χ1) is 40.7. The molecule has 82 heavy (non-hydrogen) atoms. The molecule has 0 aliphatic carbocycles. The maximum atomic E-state index is 2.38. The van der Waals surface area contributed by atoms with Crippen molar-refractivity contribution in [3.05, 3.63) is 315 Å². The Balaban J connectivity index is 0.731. The van der Waals surface area contributed by atoms with E-state index in [0.29, 0.717) is 0 Å². The van der Waals surface area contributed by atoms with Crippen LogP contribution in [0.5, 0.6) is 0 Å². The number of nitrogens with zero attached hydrogens (tertiary/aromatic N) is 4. The van der Waals surface area contributed by atoms with Gasteiger partial charge in [-0.25, -0.2) is 0 Å². The Morgan fingerprint density at radius 3 is 0.866 bits per heavy atom. The van der Waals surface area contributed by atoms with Gasteiger partial charge >= 0.3 is 0 Å². The summed E-state index contributed by atoms with van der Waals surface area (Å²) < 4.78 is 7.13. The third kappa shape index (κ3) is 7.91. The van der Waals surface area contributed by atoms with Crippen molar-refractivity contribution in [2.24, 2.45) is 0 Å². The first-order valence-electron chi connectivity index (χ1n) is 28.1. The number of para-hydroxylation sites is 6. The second-order valence-electron chi connectivity index (χ2n) is 21.3. The highest BCUT2D eigenvalue weighted by molar-refractivity contribution is 6.12. The SMILES string of the molecule is c1ccc(-n2c3ccccc3c3cc(-c4ccc(N(c5ccc(-c6ccc(-c7ccc8c9ccccc9n(-c9ccccc9)c8c7)cc6)cc5)c5ccc(-c6ccc(-n7c8ccccc8c8ccccc87)cc6)cc5)cc4)ccc32)cc1. The molecular weight excluding hydrogens is 993 g/mol. The van der Waals surface area contributed by atoms with Crippen molar-refractivity contribution in [2.75, 3.05) is 4.90 Å². The molecule has 0 saturated heterocycles. The molecule has 16 rings (SSSR count). The fraction of sp³-hybridized carbons (Fsp3) is 0. The molecule has 4 nitrogen and oxygen atoms in total. The van der Waals surface area contributed by atoms with Crippen LogP contribution in [0.2, 0.25) is 0 Å².